The minimum Gasteiger partial charge on any atom is -0.459 e. The molecule has 0 saturated carbocycles. The summed E-state index contributed by atoms with van der Waals surface area (Å²) in [4.78, 5) is 0. The van der Waals surface area contributed by atoms with E-state index in [4.69, 9.17) is 4.42 Å². The average molecular weight is 328 g/mol. The highest BCUT2D eigenvalue weighted by atomic mass is 79.9. The molecular formula is C15H19BrFNO. The van der Waals surface area contributed by atoms with Crippen LogP contribution in [0.15, 0.2) is 21.0 Å². The number of aryl methyl sites for hydroxylation is 1. The molecule has 19 heavy (non-hydrogen) atoms. The zero-order valence-corrected chi connectivity index (χ0v) is 13.3. The van der Waals surface area contributed by atoms with E-state index < -0.39 is 0 Å². The normalized spacial score (nSPS) is 12.3. The van der Waals surface area contributed by atoms with Gasteiger partial charge >= 0.3 is 0 Å². The summed E-state index contributed by atoms with van der Waals surface area (Å²) in [7, 11) is 0. The predicted octanol–water partition coefficient (Wildman–Crippen LogP) is 4.78. The van der Waals surface area contributed by atoms with Gasteiger partial charge in [0.25, 0.3) is 0 Å². The van der Waals surface area contributed by atoms with Crippen LogP contribution in [0.4, 0.5) is 4.39 Å². The summed E-state index contributed by atoms with van der Waals surface area (Å²) < 4.78 is 19.8. The van der Waals surface area contributed by atoms with Crippen LogP contribution in [0.2, 0.25) is 0 Å². The Labute approximate surface area is 121 Å². The fourth-order valence-electron chi connectivity index (χ4n) is 2.07. The predicted molar refractivity (Wildman–Crippen MR) is 79.8 cm³/mol. The molecule has 0 bridgehead atoms. The number of fused-ring (bicyclic) bond motifs is 1. The van der Waals surface area contributed by atoms with E-state index in [-0.39, 0.29) is 11.4 Å². The molecule has 0 aliphatic rings. The molecule has 1 N–H and O–H groups in total. The van der Waals surface area contributed by atoms with Gasteiger partial charge in [0.15, 0.2) is 0 Å². The summed E-state index contributed by atoms with van der Waals surface area (Å²) in [6.45, 7) is 9.06. The standard InChI is InChI=1S/C15H19BrFNO/c1-5-9-10-6-11(16)12(17)7-13(10)19-14(9)8-18-15(2,3)4/h6-7,18H,5,8H2,1-4H3. The molecule has 0 radical (unpaired) electrons. The third-order valence-corrected chi connectivity index (χ3v) is 3.66. The largest absolute Gasteiger partial charge is 0.459 e. The first kappa shape index (κ1) is 14.5. The quantitative estimate of drug-likeness (QED) is 0.877. The molecule has 4 heteroatoms. The van der Waals surface area contributed by atoms with E-state index >= 15 is 0 Å². The third kappa shape index (κ3) is 3.18. The third-order valence-electron chi connectivity index (χ3n) is 3.05. The van der Waals surface area contributed by atoms with Crippen LogP contribution in [0.5, 0.6) is 0 Å². The maximum absolute atomic E-state index is 13.5. The Balaban J connectivity index is 2.44. The fraction of sp³-hybridized carbons (Fsp3) is 0.467. The van der Waals surface area contributed by atoms with Crippen molar-refractivity contribution in [2.75, 3.05) is 0 Å². The first-order valence-corrected chi connectivity index (χ1v) is 7.25. The molecule has 0 atom stereocenters. The smallest absolute Gasteiger partial charge is 0.141 e. The zero-order chi connectivity index (χ0) is 14.2. The van der Waals surface area contributed by atoms with Crippen LogP contribution in [-0.2, 0) is 13.0 Å². The summed E-state index contributed by atoms with van der Waals surface area (Å²) in [6.07, 6.45) is 0.867. The molecule has 104 valence electrons. The Morgan fingerprint density at radius 1 is 1.32 bits per heavy atom. The lowest BCUT2D eigenvalue weighted by molar-refractivity contribution is 0.393. The van der Waals surface area contributed by atoms with Crippen molar-refractivity contribution in [3.05, 3.63) is 33.7 Å². The second-order valence-corrected chi connectivity index (χ2v) is 6.58. The van der Waals surface area contributed by atoms with Gasteiger partial charge in [-0.15, -0.1) is 0 Å². The first-order valence-electron chi connectivity index (χ1n) is 6.46. The monoisotopic (exact) mass is 327 g/mol. The molecular weight excluding hydrogens is 309 g/mol. The van der Waals surface area contributed by atoms with Crippen LogP contribution < -0.4 is 5.32 Å². The maximum Gasteiger partial charge on any atom is 0.141 e. The zero-order valence-electron chi connectivity index (χ0n) is 11.7. The second-order valence-electron chi connectivity index (χ2n) is 5.72. The van der Waals surface area contributed by atoms with Gasteiger partial charge in [-0.3, -0.25) is 0 Å². The van der Waals surface area contributed by atoms with Crippen LogP contribution in [-0.4, -0.2) is 5.54 Å². The van der Waals surface area contributed by atoms with Gasteiger partial charge in [0, 0.05) is 22.6 Å². The summed E-state index contributed by atoms with van der Waals surface area (Å²) in [5.41, 5.74) is 1.78. The van der Waals surface area contributed by atoms with Crippen LogP contribution in [0.1, 0.15) is 39.0 Å². The highest BCUT2D eigenvalue weighted by molar-refractivity contribution is 9.10. The van der Waals surface area contributed by atoms with E-state index in [0.29, 0.717) is 16.6 Å². The van der Waals surface area contributed by atoms with E-state index in [9.17, 15) is 4.39 Å². The van der Waals surface area contributed by atoms with Crippen molar-refractivity contribution in [3.8, 4) is 0 Å². The lowest BCUT2D eigenvalue weighted by Gasteiger charge is -2.19. The molecule has 0 saturated heterocycles. The Bertz CT molecular complexity index is 598. The molecule has 2 rings (SSSR count). The molecule has 0 amide bonds. The van der Waals surface area contributed by atoms with Gasteiger partial charge in [-0.1, -0.05) is 6.92 Å². The van der Waals surface area contributed by atoms with Crippen LogP contribution in [0.25, 0.3) is 11.0 Å². The number of hydrogen-bond acceptors (Lipinski definition) is 2. The van der Waals surface area contributed by atoms with Gasteiger partial charge in [0.05, 0.1) is 11.0 Å². The molecule has 0 aliphatic carbocycles. The Morgan fingerprint density at radius 3 is 2.58 bits per heavy atom. The highest BCUT2D eigenvalue weighted by Gasteiger charge is 2.17. The Morgan fingerprint density at radius 2 is 2.00 bits per heavy atom. The van der Waals surface area contributed by atoms with Crippen molar-refractivity contribution in [3.63, 3.8) is 0 Å². The summed E-state index contributed by atoms with van der Waals surface area (Å²) in [5.74, 6) is 0.601. The van der Waals surface area contributed by atoms with Gasteiger partial charge in [0.2, 0.25) is 0 Å². The van der Waals surface area contributed by atoms with Gasteiger partial charge < -0.3 is 9.73 Å². The lowest BCUT2D eigenvalue weighted by Crippen LogP contribution is -2.35. The SMILES string of the molecule is CCc1c(CNC(C)(C)C)oc2cc(F)c(Br)cc12. The molecule has 0 unspecified atom stereocenters. The van der Waals surface area contributed by atoms with Crippen molar-refractivity contribution >= 4 is 26.9 Å². The number of benzene rings is 1. The van der Waals surface area contributed by atoms with Gasteiger partial charge in [-0.05, 0) is 49.2 Å². The highest BCUT2D eigenvalue weighted by Crippen LogP contribution is 2.31. The van der Waals surface area contributed by atoms with Gasteiger partial charge in [-0.2, -0.15) is 0 Å². The molecule has 2 nitrogen and oxygen atoms in total. The first-order chi connectivity index (χ1) is 8.81. The molecule has 1 heterocycles. The van der Waals surface area contributed by atoms with Crippen LogP contribution >= 0.6 is 15.9 Å². The number of furan rings is 1. The van der Waals surface area contributed by atoms with E-state index in [2.05, 4.69) is 48.9 Å². The van der Waals surface area contributed by atoms with E-state index in [1.807, 2.05) is 0 Å². The molecule has 2 aromatic rings. The van der Waals surface area contributed by atoms with Crippen molar-refractivity contribution in [1.29, 1.82) is 0 Å². The molecule has 1 aromatic carbocycles. The van der Waals surface area contributed by atoms with E-state index in [1.165, 1.54) is 6.07 Å². The van der Waals surface area contributed by atoms with Gasteiger partial charge in [0.1, 0.15) is 17.2 Å². The minimum absolute atomic E-state index is 0.0236. The van der Waals surface area contributed by atoms with Crippen LogP contribution in [0.3, 0.4) is 0 Å². The molecule has 0 aliphatic heterocycles. The molecule has 0 spiro atoms. The van der Waals surface area contributed by atoms with Crippen molar-refractivity contribution < 1.29 is 8.81 Å². The minimum atomic E-state index is -0.292. The number of halogens is 2. The van der Waals surface area contributed by atoms with Crippen molar-refractivity contribution in [1.82, 2.24) is 5.32 Å². The Hall–Kier alpha value is -0.870. The number of rotatable bonds is 3. The molecule has 1 aromatic heterocycles. The fourth-order valence-corrected chi connectivity index (χ4v) is 2.41. The summed E-state index contributed by atoms with van der Waals surface area (Å²) in [5, 5.41) is 4.39. The Kier molecular flexibility index (Phi) is 4.02. The van der Waals surface area contributed by atoms with Crippen molar-refractivity contribution in [2.45, 2.75) is 46.2 Å². The average Bonchev–Trinajstić information content (AvgIpc) is 2.63. The summed E-state index contributed by atoms with van der Waals surface area (Å²) in [6, 6.07) is 3.24. The topological polar surface area (TPSA) is 25.2 Å². The number of nitrogens with one attached hydrogen (secondary N) is 1. The molecule has 0 fully saturated rings. The second kappa shape index (κ2) is 5.25. The van der Waals surface area contributed by atoms with Crippen LogP contribution in [0, 0.1) is 5.82 Å². The maximum atomic E-state index is 13.5. The summed E-state index contributed by atoms with van der Waals surface area (Å²) >= 11 is 3.23. The lowest BCUT2D eigenvalue weighted by atomic mass is 10.1. The van der Waals surface area contributed by atoms with Crippen molar-refractivity contribution in [2.24, 2.45) is 0 Å². The van der Waals surface area contributed by atoms with E-state index in [1.54, 1.807) is 6.07 Å². The van der Waals surface area contributed by atoms with E-state index in [0.717, 1.165) is 23.1 Å². The van der Waals surface area contributed by atoms with Gasteiger partial charge in [-0.25, -0.2) is 4.39 Å². The number of hydrogen-bond donors (Lipinski definition) is 1.